The van der Waals surface area contributed by atoms with Crippen molar-refractivity contribution in [2.45, 2.75) is 38.7 Å². The summed E-state index contributed by atoms with van der Waals surface area (Å²) in [6.07, 6.45) is 5.64. The van der Waals surface area contributed by atoms with Crippen LogP contribution < -0.4 is 9.46 Å². The first kappa shape index (κ1) is 23.1. The van der Waals surface area contributed by atoms with Crippen molar-refractivity contribution in [2.75, 3.05) is 37.2 Å². The van der Waals surface area contributed by atoms with Gasteiger partial charge >= 0.3 is 6.03 Å². The average Bonchev–Trinajstić information content (AvgIpc) is 3.46. The zero-order valence-corrected chi connectivity index (χ0v) is 19.7. The summed E-state index contributed by atoms with van der Waals surface area (Å²) in [5.74, 6) is 0.695. The number of aryl methyl sites for hydroxylation is 1. The standard InChI is InChI=1S/C22H29N5O5S/c1-16-5-6-19(18(15-16)21(28)25-10-3-4-11-25)32-17-7-12-26(13-8-17)22(29)27-14-9-20(23-27)24-33(2,30)31/h5-6,9,14-15,17H,3-4,7-8,10-13H2,1-2H3,(H,23,24). The van der Waals surface area contributed by atoms with Crippen LogP contribution >= 0.6 is 0 Å². The Morgan fingerprint density at radius 1 is 1.06 bits per heavy atom. The molecule has 2 aliphatic heterocycles. The number of nitrogens with one attached hydrogen (secondary N) is 1. The van der Waals surface area contributed by atoms with Crippen molar-refractivity contribution < 1.29 is 22.7 Å². The number of hydrogen-bond donors (Lipinski definition) is 1. The van der Waals surface area contributed by atoms with Crippen LogP contribution in [0.2, 0.25) is 0 Å². The molecule has 2 saturated heterocycles. The fraction of sp³-hybridized carbons (Fsp3) is 0.500. The molecular formula is C22H29N5O5S. The molecule has 2 amide bonds. The summed E-state index contributed by atoms with van der Waals surface area (Å²) in [4.78, 5) is 29.2. The summed E-state index contributed by atoms with van der Waals surface area (Å²) in [6.45, 7) is 4.46. The molecule has 0 unspecified atom stereocenters. The Balaban J connectivity index is 1.37. The number of piperidine rings is 1. The number of amides is 2. The monoisotopic (exact) mass is 475 g/mol. The molecule has 33 heavy (non-hydrogen) atoms. The van der Waals surface area contributed by atoms with Crippen molar-refractivity contribution in [1.29, 1.82) is 0 Å². The highest BCUT2D eigenvalue weighted by Gasteiger charge is 2.28. The largest absolute Gasteiger partial charge is 0.489 e. The number of benzene rings is 1. The molecule has 2 aromatic rings. The van der Waals surface area contributed by atoms with Crippen molar-refractivity contribution >= 4 is 27.8 Å². The van der Waals surface area contributed by atoms with Gasteiger partial charge in [0.15, 0.2) is 5.82 Å². The SMILES string of the molecule is Cc1ccc(OC2CCN(C(=O)n3ccc(NS(C)(=O)=O)n3)CC2)c(C(=O)N2CCCC2)c1. The van der Waals surface area contributed by atoms with Gasteiger partial charge in [0.05, 0.1) is 11.8 Å². The van der Waals surface area contributed by atoms with Crippen LogP contribution in [0.5, 0.6) is 5.75 Å². The van der Waals surface area contributed by atoms with E-state index in [1.54, 1.807) is 4.90 Å². The van der Waals surface area contributed by atoms with Crippen LogP contribution in [-0.4, -0.2) is 78.5 Å². The fourth-order valence-corrected chi connectivity index (χ4v) is 4.66. The molecule has 2 aliphatic rings. The van der Waals surface area contributed by atoms with Crippen LogP contribution in [0.3, 0.4) is 0 Å². The summed E-state index contributed by atoms with van der Waals surface area (Å²) in [5.41, 5.74) is 1.60. The first-order valence-electron chi connectivity index (χ1n) is 11.1. The van der Waals surface area contributed by atoms with Crippen molar-refractivity contribution in [3.63, 3.8) is 0 Å². The van der Waals surface area contributed by atoms with Gasteiger partial charge in [0.2, 0.25) is 10.0 Å². The number of anilines is 1. The van der Waals surface area contributed by atoms with Gasteiger partial charge in [-0.1, -0.05) is 11.6 Å². The van der Waals surface area contributed by atoms with Crippen LogP contribution in [0, 0.1) is 6.92 Å². The molecule has 4 rings (SSSR count). The van der Waals surface area contributed by atoms with Gasteiger partial charge in [0, 0.05) is 51.3 Å². The molecule has 11 heteroatoms. The van der Waals surface area contributed by atoms with Crippen LogP contribution in [0.25, 0.3) is 0 Å². The quantitative estimate of drug-likeness (QED) is 0.710. The van der Waals surface area contributed by atoms with E-state index in [-0.39, 0.29) is 23.9 Å². The van der Waals surface area contributed by atoms with E-state index < -0.39 is 10.0 Å². The van der Waals surface area contributed by atoms with Gasteiger partial charge in [-0.3, -0.25) is 9.52 Å². The molecule has 1 aromatic heterocycles. The Labute approximate surface area is 193 Å². The number of hydrogen-bond acceptors (Lipinski definition) is 6. The topological polar surface area (TPSA) is 114 Å². The predicted octanol–water partition coefficient (Wildman–Crippen LogP) is 2.31. The van der Waals surface area contributed by atoms with E-state index >= 15 is 0 Å². The van der Waals surface area contributed by atoms with E-state index in [1.165, 1.54) is 12.3 Å². The first-order valence-corrected chi connectivity index (χ1v) is 13.0. The van der Waals surface area contributed by atoms with Crippen molar-refractivity contribution in [3.05, 3.63) is 41.6 Å². The van der Waals surface area contributed by atoms with Crippen molar-refractivity contribution in [2.24, 2.45) is 0 Å². The molecule has 1 N–H and O–H groups in total. The van der Waals surface area contributed by atoms with Crippen LogP contribution in [0.4, 0.5) is 10.6 Å². The molecule has 0 saturated carbocycles. The molecule has 0 spiro atoms. The number of aromatic nitrogens is 2. The van der Waals surface area contributed by atoms with E-state index in [0.717, 1.165) is 42.4 Å². The second-order valence-corrected chi connectivity index (χ2v) is 10.4. The Kier molecular flexibility index (Phi) is 6.59. The third-order valence-electron chi connectivity index (χ3n) is 5.84. The molecule has 1 aromatic carbocycles. The Morgan fingerprint density at radius 2 is 1.76 bits per heavy atom. The minimum atomic E-state index is -3.46. The lowest BCUT2D eigenvalue weighted by atomic mass is 10.1. The van der Waals surface area contributed by atoms with E-state index in [2.05, 4.69) is 9.82 Å². The van der Waals surface area contributed by atoms with Gasteiger partial charge < -0.3 is 14.5 Å². The Hall–Kier alpha value is -3.08. The zero-order valence-electron chi connectivity index (χ0n) is 18.9. The summed E-state index contributed by atoms with van der Waals surface area (Å²) in [7, 11) is -3.46. The third-order valence-corrected chi connectivity index (χ3v) is 6.42. The van der Waals surface area contributed by atoms with Crippen LogP contribution in [0.1, 0.15) is 41.6 Å². The highest BCUT2D eigenvalue weighted by atomic mass is 32.2. The summed E-state index contributed by atoms with van der Waals surface area (Å²) in [6, 6.07) is 6.79. The maximum Gasteiger partial charge on any atom is 0.344 e. The molecule has 10 nitrogen and oxygen atoms in total. The zero-order chi connectivity index (χ0) is 23.6. The van der Waals surface area contributed by atoms with Crippen LogP contribution in [-0.2, 0) is 10.0 Å². The smallest absolute Gasteiger partial charge is 0.344 e. The van der Waals surface area contributed by atoms with Gasteiger partial charge in [-0.15, -0.1) is 5.10 Å². The molecule has 2 fully saturated rings. The molecule has 0 atom stereocenters. The normalized spacial score (nSPS) is 17.3. The summed E-state index contributed by atoms with van der Waals surface area (Å²) in [5, 5.41) is 4.00. The highest BCUT2D eigenvalue weighted by Crippen LogP contribution is 2.27. The average molecular weight is 476 g/mol. The summed E-state index contributed by atoms with van der Waals surface area (Å²) >= 11 is 0. The molecule has 0 radical (unpaired) electrons. The molecule has 0 bridgehead atoms. The maximum atomic E-state index is 13.0. The minimum Gasteiger partial charge on any atom is -0.489 e. The fourth-order valence-electron chi connectivity index (χ4n) is 4.17. The summed E-state index contributed by atoms with van der Waals surface area (Å²) < 4.78 is 32.3. The number of likely N-dealkylation sites (tertiary alicyclic amines) is 2. The lowest BCUT2D eigenvalue weighted by Crippen LogP contribution is -2.44. The lowest BCUT2D eigenvalue weighted by molar-refractivity contribution is 0.0776. The van der Waals surface area contributed by atoms with E-state index in [0.29, 0.717) is 37.2 Å². The molecular weight excluding hydrogens is 446 g/mol. The Bertz CT molecular complexity index is 1130. The highest BCUT2D eigenvalue weighted by molar-refractivity contribution is 7.92. The number of carbonyl (C=O) groups excluding carboxylic acids is 2. The number of rotatable bonds is 5. The molecule has 0 aliphatic carbocycles. The molecule has 3 heterocycles. The Morgan fingerprint density at radius 3 is 2.42 bits per heavy atom. The van der Waals surface area contributed by atoms with E-state index in [9.17, 15) is 18.0 Å². The van der Waals surface area contributed by atoms with Gasteiger partial charge in [0.25, 0.3) is 5.91 Å². The lowest BCUT2D eigenvalue weighted by Gasteiger charge is -2.32. The second-order valence-electron chi connectivity index (χ2n) is 8.61. The van der Waals surface area contributed by atoms with E-state index in [1.807, 2.05) is 30.0 Å². The number of sulfonamides is 1. The minimum absolute atomic E-state index is 0.0102. The number of ether oxygens (including phenoxy) is 1. The second kappa shape index (κ2) is 9.42. The number of nitrogens with zero attached hydrogens (tertiary/aromatic N) is 4. The molecule has 178 valence electrons. The maximum absolute atomic E-state index is 13.0. The number of carbonyl (C=O) groups is 2. The van der Waals surface area contributed by atoms with Crippen molar-refractivity contribution in [3.8, 4) is 5.75 Å². The predicted molar refractivity (Wildman–Crippen MR) is 123 cm³/mol. The van der Waals surface area contributed by atoms with Gasteiger partial charge in [-0.05, 0) is 31.9 Å². The first-order chi connectivity index (χ1) is 15.7. The van der Waals surface area contributed by atoms with Gasteiger partial charge in [-0.25, -0.2) is 13.2 Å². The van der Waals surface area contributed by atoms with Crippen molar-refractivity contribution in [1.82, 2.24) is 19.6 Å². The van der Waals surface area contributed by atoms with Gasteiger partial charge in [-0.2, -0.15) is 4.68 Å². The van der Waals surface area contributed by atoms with Gasteiger partial charge in [0.1, 0.15) is 11.9 Å². The van der Waals surface area contributed by atoms with E-state index in [4.69, 9.17) is 4.74 Å². The third kappa shape index (κ3) is 5.65. The van der Waals surface area contributed by atoms with Crippen LogP contribution in [0.15, 0.2) is 30.5 Å².